The lowest BCUT2D eigenvalue weighted by Gasteiger charge is -2.13. The smallest absolute Gasteiger partial charge is 0.224 e. The van der Waals surface area contributed by atoms with Crippen LogP contribution < -0.4 is 15.4 Å². The number of para-hydroxylation sites is 2. The summed E-state index contributed by atoms with van der Waals surface area (Å²) in [5.41, 5.74) is 4.63. The molecule has 0 atom stereocenters. The van der Waals surface area contributed by atoms with Gasteiger partial charge in [0.15, 0.2) is 0 Å². The normalized spacial score (nSPS) is 10.4. The standard InChI is InChI=1S/C21H24N4O/c1-15-7-6-8-16(2)20(15)24-19-12-14-23-21(25-19)22-13-11-17-9-4-5-10-18(17)26-3/h4-10,12,14H,11,13H2,1-3H3,(H2,22,23,24,25). The Kier molecular flexibility index (Phi) is 5.69. The second kappa shape index (κ2) is 8.34. The van der Waals surface area contributed by atoms with Gasteiger partial charge in [0.25, 0.3) is 0 Å². The number of hydrogen-bond acceptors (Lipinski definition) is 5. The van der Waals surface area contributed by atoms with Crippen molar-refractivity contribution >= 4 is 17.5 Å². The van der Waals surface area contributed by atoms with Crippen molar-refractivity contribution in [2.24, 2.45) is 0 Å². The molecule has 3 rings (SSSR count). The van der Waals surface area contributed by atoms with Crippen molar-refractivity contribution < 1.29 is 4.74 Å². The van der Waals surface area contributed by atoms with E-state index in [0.717, 1.165) is 35.8 Å². The molecular formula is C21H24N4O. The predicted octanol–water partition coefficient (Wildman–Crippen LogP) is 4.50. The van der Waals surface area contributed by atoms with Gasteiger partial charge in [-0.2, -0.15) is 4.98 Å². The van der Waals surface area contributed by atoms with E-state index in [1.54, 1.807) is 13.3 Å². The van der Waals surface area contributed by atoms with Crippen LogP contribution in [0.3, 0.4) is 0 Å². The number of hydrogen-bond donors (Lipinski definition) is 2. The minimum atomic E-state index is 0.608. The molecule has 0 aliphatic carbocycles. The molecule has 0 fully saturated rings. The first-order valence-electron chi connectivity index (χ1n) is 8.69. The highest BCUT2D eigenvalue weighted by Crippen LogP contribution is 2.23. The molecule has 0 amide bonds. The lowest BCUT2D eigenvalue weighted by Crippen LogP contribution is -2.09. The minimum Gasteiger partial charge on any atom is -0.496 e. The topological polar surface area (TPSA) is 59.1 Å². The van der Waals surface area contributed by atoms with Gasteiger partial charge >= 0.3 is 0 Å². The van der Waals surface area contributed by atoms with Crippen LogP contribution in [-0.4, -0.2) is 23.6 Å². The summed E-state index contributed by atoms with van der Waals surface area (Å²) in [5, 5.41) is 6.68. The van der Waals surface area contributed by atoms with Gasteiger partial charge in [-0.1, -0.05) is 36.4 Å². The molecule has 2 aromatic carbocycles. The van der Waals surface area contributed by atoms with Crippen LogP contribution in [0.4, 0.5) is 17.5 Å². The van der Waals surface area contributed by atoms with E-state index in [0.29, 0.717) is 5.95 Å². The van der Waals surface area contributed by atoms with E-state index in [4.69, 9.17) is 4.74 Å². The van der Waals surface area contributed by atoms with Gasteiger partial charge in [0, 0.05) is 18.4 Å². The van der Waals surface area contributed by atoms with Crippen molar-refractivity contribution in [2.45, 2.75) is 20.3 Å². The second-order valence-electron chi connectivity index (χ2n) is 6.15. The van der Waals surface area contributed by atoms with Gasteiger partial charge in [0.1, 0.15) is 11.6 Å². The number of anilines is 3. The SMILES string of the molecule is COc1ccccc1CCNc1nccc(Nc2c(C)cccc2C)n1. The lowest BCUT2D eigenvalue weighted by atomic mass is 10.1. The number of nitrogens with one attached hydrogen (secondary N) is 2. The zero-order valence-corrected chi connectivity index (χ0v) is 15.4. The van der Waals surface area contributed by atoms with Crippen molar-refractivity contribution in [3.63, 3.8) is 0 Å². The molecule has 2 N–H and O–H groups in total. The zero-order chi connectivity index (χ0) is 18.4. The monoisotopic (exact) mass is 348 g/mol. The van der Waals surface area contributed by atoms with Gasteiger partial charge in [0.05, 0.1) is 7.11 Å². The van der Waals surface area contributed by atoms with Gasteiger partial charge in [-0.05, 0) is 49.1 Å². The second-order valence-corrected chi connectivity index (χ2v) is 6.15. The van der Waals surface area contributed by atoms with Gasteiger partial charge in [-0.15, -0.1) is 0 Å². The maximum atomic E-state index is 5.39. The highest BCUT2D eigenvalue weighted by Gasteiger charge is 2.05. The van der Waals surface area contributed by atoms with Crippen molar-refractivity contribution in [1.29, 1.82) is 0 Å². The van der Waals surface area contributed by atoms with Gasteiger partial charge in [-0.3, -0.25) is 0 Å². The fourth-order valence-electron chi connectivity index (χ4n) is 2.87. The summed E-state index contributed by atoms with van der Waals surface area (Å²) in [6, 6.07) is 16.1. The first-order valence-corrected chi connectivity index (χ1v) is 8.69. The van der Waals surface area contributed by atoms with Crippen LogP contribution >= 0.6 is 0 Å². The highest BCUT2D eigenvalue weighted by molar-refractivity contribution is 5.64. The molecule has 3 aromatic rings. The van der Waals surface area contributed by atoms with E-state index < -0.39 is 0 Å². The van der Waals surface area contributed by atoms with Crippen LogP contribution in [0.5, 0.6) is 5.75 Å². The molecule has 0 radical (unpaired) electrons. The third-order valence-electron chi connectivity index (χ3n) is 4.26. The number of methoxy groups -OCH3 is 1. The summed E-state index contributed by atoms with van der Waals surface area (Å²) in [6.07, 6.45) is 2.59. The van der Waals surface area contributed by atoms with E-state index in [9.17, 15) is 0 Å². The highest BCUT2D eigenvalue weighted by atomic mass is 16.5. The third kappa shape index (κ3) is 4.30. The zero-order valence-electron chi connectivity index (χ0n) is 15.4. The summed E-state index contributed by atoms with van der Waals surface area (Å²) in [6.45, 7) is 4.90. The van der Waals surface area contributed by atoms with E-state index in [1.807, 2.05) is 24.3 Å². The maximum Gasteiger partial charge on any atom is 0.224 e. The van der Waals surface area contributed by atoms with Gasteiger partial charge in [-0.25, -0.2) is 4.98 Å². The van der Waals surface area contributed by atoms with Gasteiger partial charge < -0.3 is 15.4 Å². The number of rotatable bonds is 7. The largest absolute Gasteiger partial charge is 0.496 e. The summed E-state index contributed by atoms with van der Waals surface area (Å²) in [4.78, 5) is 8.87. The molecule has 1 aromatic heterocycles. The average molecular weight is 348 g/mol. The van der Waals surface area contributed by atoms with Gasteiger partial charge in [0.2, 0.25) is 5.95 Å². The van der Waals surface area contributed by atoms with Crippen LogP contribution in [0, 0.1) is 13.8 Å². The molecule has 1 heterocycles. The molecule has 0 saturated heterocycles. The fourth-order valence-corrected chi connectivity index (χ4v) is 2.87. The van der Waals surface area contributed by atoms with Crippen molar-refractivity contribution in [3.8, 4) is 5.75 Å². The molecule has 5 nitrogen and oxygen atoms in total. The number of aryl methyl sites for hydroxylation is 2. The number of nitrogens with zero attached hydrogens (tertiary/aromatic N) is 2. The third-order valence-corrected chi connectivity index (χ3v) is 4.26. The summed E-state index contributed by atoms with van der Waals surface area (Å²) in [7, 11) is 1.69. The van der Waals surface area contributed by atoms with Crippen molar-refractivity contribution in [1.82, 2.24) is 9.97 Å². The Morgan fingerprint density at radius 3 is 2.50 bits per heavy atom. The van der Waals surface area contributed by atoms with Crippen LogP contribution in [0.15, 0.2) is 54.7 Å². The Labute approximate surface area is 154 Å². The van der Waals surface area contributed by atoms with Crippen LogP contribution in [0.1, 0.15) is 16.7 Å². The summed E-state index contributed by atoms with van der Waals surface area (Å²) < 4.78 is 5.39. The Balaban J connectivity index is 1.64. The summed E-state index contributed by atoms with van der Waals surface area (Å²) >= 11 is 0. The molecule has 0 aliphatic rings. The lowest BCUT2D eigenvalue weighted by molar-refractivity contribution is 0.410. The molecule has 0 unspecified atom stereocenters. The number of ether oxygens (including phenoxy) is 1. The summed E-state index contributed by atoms with van der Waals surface area (Å²) in [5.74, 6) is 2.29. The van der Waals surface area contributed by atoms with Crippen molar-refractivity contribution in [2.75, 3.05) is 24.3 Å². The van der Waals surface area contributed by atoms with E-state index >= 15 is 0 Å². The Hall–Kier alpha value is -3.08. The Morgan fingerprint density at radius 2 is 1.73 bits per heavy atom. The molecule has 134 valence electrons. The molecule has 0 spiro atoms. The van der Waals surface area contributed by atoms with E-state index in [1.165, 1.54) is 11.1 Å². The number of benzene rings is 2. The molecular weight excluding hydrogens is 324 g/mol. The van der Waals surface area contributed by atoms with E-state index in [-0.39, 0.29) is 0 Å². The molecule has 0 aliphatic heterocycles. The van der Waals surface area contributed by atoms with Crippen molar-refractivity contribution in [3.05, 3.63) is 71.4 Å². The first-order chi connectivity index (χ1) is 12.7. The quantitative estimate of drug-likeness (QED) is 0.658. The first kappa shape index (κ1) is 17.7. The minimum absolute atomic E-state index is 0.608. The number of aromatic nitrogens is 2. The molecule has 5 heteroatoms. The van der Waals surface area contributed by atoms with E-state index in [2.05, 4.69) is 58.7 Å². The molecule has 0 bridgehead atoms. The Bertz CT molecular complexity index is 859. The van der Waals surface area contributed by atoms with Crippen LogP contribution in [0.25, 0.3) is 0 Å². The molecule has 0 saturated carbocycles. The molecule has 26 heavy (non-hydrogen) atoms. The maximum absolute atomic E-state index is 5.39. The predicted molar refractivity (Wildman–Crippen MR) is 106 cm³/mol. The fraction of sp³-hybridized carbons (Fsp3) is 0.238. The van der Waals surface area contributed by atoms with Crippen LogP contribution in [-0.2, 0) is 6.42 Å². The average Bonchev–Trinajstić information content (AvgIpc) is 2.66. The van der Waals surface area contributed by atoms with Crippen LogP contribution in [0.2, 0.25) is 0 Å². The Morgan fingerprint density at radius 1 is 0.962 bits per heavy atom.